The average molecular weight is 246 g/mol. The van der Waals surface area contributed by atoms with E-state index < -0.39 is 9.76 Å². The lowest BCUT2D eigenvalue weighted by molar-refractivity contribution is -0.143. The second kappa shape index (κ2) is 7.85. The summed E-state index contributed by atoms with van der Waals surface area (Å²) in [6, 6.07) is 0. The maximum atomic E-state index is 11.6. The molecule has 0 aromatic rings. The van der Waals surface area contributed by atoms with Crippen molar-refractivity contribution in [3.8, 4) is 0 Å². The van der Waals surface area contributed by atoms with E-state index in [9.17, 15) is 4.79 Å². The van der Waals surface area contributed by atoms with Gasteiger partial charge < -0.3 is 9.16 Å². The lowest BCUT2D eigenvalue weighted by atomic mass is 10.2. The second-order valence-electron chi connectivity index (χ2n) is 5.20. The summed E-state index contributed by atoms with van der Waals surface area (Å²) in [5.41, 5.74) is -0.177. The van der Waals surface area contributed by atoms with Gasteiger partial charge in [-0.25, -0.2) is 0 Å². The van der Waals surface area contributed by atoms with Crippen LogP contribution >= 0.6 is 0 Å². The highest BCUT2D eigenvalue weighted by Gasteiger charge is 2.19. The number of carbonyl (C=O) groups excluding carboxylic acids is 1. The summed E-state index contributed by atoms with van der Waals surface area (Å²) in [6.07, 6.45) is 3.24. The molecule has 0 aliphatic carbocycles. The van der Waals surface area contributed by atoms with Gasteiger partial charge in [0.2, 0.25) is 0 Å². The molecule has 0 aliphatic heterocycles. The summed E-state index contributed by atoms with van der Waals surface area (Å²) in [7, 11) is -0.830. The Morgan fingerprint density at radius 2 is 1.94 bits per heavy atom. The molecule has 0 bridgehead atoms. The van der Waals surface area contributed by atoms with Crippen LogP contribution in [0.1, 0.15) is 53.9 Å². The largest absolute Gasteiger partial charge is 0.466 e. The SMILES string of the molecule is CCCCCOC(=O)C(C)[SiH2]OC(C)(C)C. The molecule has 0 saturated carbocycles. The fraction of sp³-hybridized carbons (Fsp3) is 0.917. The lowest BCUT2D eigenvalue weighted by Crippen LogP contribution is -2.27. The molecule has 3 nitrogen and oxygen atoms in total. The minimum absolute atomic E-state index is 0.0409. The van der Waals surface area contributed by atoms with Crippen LogP contribution in [0.2, 0.25) is 5.54 Å². The number of hydrogen-bond donors (Lipinski definition) is 0. The van der Waals surface area contributed by atoms with Gasteiger partial charge in [0, 0.05) is 5.60 Å². The highest BCUT2D eigenvalue weighted by Crippen LogP contribution is 2.12. The van der Waals surface area contributed by atoms with Gasteiger partial charge >= 0.3 is 5.97 Å². The van der Waals surface area contributed by atoms with Crippen LogP contribution in [0.4, 0.5) is 0 Å². The Balaban J connectivity index is 3.65. The topological polar surface area (TPSA) is 35.5 Å². The Kier molecular flexibility index (Phi) is 7.67. The van der Waals surface area contributed by atoms with Crippen molar-refractivity contribution in [2.75, 3.05) is 6.61 Å². The highest BCUT2D eigenvalue weighted by molar-refractivity contribution is 6.36. The van der Waals surface area contributed by atoms with Gasteiger partial charge in [0.1, 0.15) is 0 Å². The zero-order valence-corrected chi connectivity index (χ0v) is 12.8. The molecule has 4 heteroatoms. The summed E-state index contributed by atoms with van der Waals surface area (Å²) >= 11 is 0. The first-order chi connectivity index (χ1) is 7.37. The van der Waals surface area contributed by atoms with E-state index in [1.807, 2.05) is 27.7 Å². The number of ether oxygens (including phenoxy) is 1. The predicted molar refractivity (Wildman–Crippen MR) is 69.3 cm³/mol. The Labute approximate surface area is 102 Å². The molecule has 0 heterocycles. The number of rotatable bonds is 7. The van der Waals surface area contributed by atoms with Crippen molar-refractivity contribution in [3.63, 3.8) is 0 Å². The van der Waals surface area contributed by atoms with Crippen LogP contribution in [0.3, 0.4) is 0 Å². The maximum absolute atomic E-state index is 11.6. The van der Waals surface area contributed by atoms with E-state index in [0.29, 0.717) is 6.61 Å². The third kappa shape index (κ3) is 8.92. The third-order valence-electron chi connectivity index (χ3n) is 2.16. The van der Waals surface area contributed by atoms with Gasteiger partial charge in [-0.15, -0.1) is 0 Å². The average Bonchev–Trinajstić information content (AvgIpc) is 2.19. The Morgan fingerprint density at radius 1 is 1.31 bits per heavy atom. The van der Waals surface area contributed by atoms with Gasteiger partial charge in [0.25, 0.3) is 0 Å². The van der Waals surface area contributed by atoms with E-state index in [1.54, 1.807) is 0 Å². The van der Waals surface area contributed by atoms with E-state index in [2.05, 4.69) is 6.92 Å². The zero-order chi connectivity index (χ0) is 12.6. The smallest absolute Gasteiger partial charge is 0.307 e. The van der Waals surface area contributed by atoms with Crippen LogP contribution in [0.5, 0.6) is 0 Å². The van der Waals surface area contributed by atoms with Crippen molar-refractivity contribution in [1.29, 1.82) is 0 Å². The van der Waals surface area contributed by atoms with Gasteiger partial charge in [-0.2, -0.15) is 0 Å². The van der Waals surface area contributed by atoms with Gasteiger partial charge in [0.05, 0.1) is 12.1 Å². The van der Waals surface area contributed by atoms with E-state index in [1.165, 1.54) is 0 Å². The normalized spacial score (nSPS) is 14.3. The molecule has 0 fully saturated rings. The first-order valence-electron chi connectivity index (χ1n) is 6.17. The van der Waals surface area contributed by atoms with Gasteiger partial charge in [-0.05, 0) is 27.2 Å². The Bertz CT molecular complexity index is 199. The van der Waals surface area contributed by atoms with Crippen LogP contribution in [-0.2, 0) is 14.0 Å². The van der Waals surface area contributed by atoms with E-state index in [0.717, 1.165) is 19.3 Å². The number of hydrogen-bond acceptors (Lipinski definition) is 3. The first kappa shape index (κ1) is 15.6. The number of carbonyl (C=O) groups is 1. The first-order valence-corrected chi connectivity index (χ1v) is 7.56. The van der Waals surface area contributed by atoms with Gasteiger partial charge in [-0.3, -0.25) is 4.79 Å². The molecular formula is C12H26O3Si. The molecule has 0 N–H and O–H groups in total. The van der Waals surface area contributed by atoms with Crippen LogP contribution in [0.15, 0.2) is 0 Å². The molecule has 0 amide bonds. The molecule has 0 aromatic carbocycles. The fourth-order valence-corrected chi connectivity index (χ4v) is 2.11. The van der Waals surface area contributed by atoms with Crippen molar-refractivity contribution in [2.45, 2.75) is 65.0 Å². The zero-order valence-electron chi connectivity index (χ0n) is 11.3. The molecule has 96 valence electrons. The van der Waals surface area contributed by atoms with Crippen molar-refractivity contribution < 1.29 is 14.0 Å². The molecule has 1 atom stereocenters. The quantitative estimate of drug-likeness (QED) is 0.393. The molecular weight excluding hydrogens is 220 g/mol. The molecule has 0 spiro atoms. The van der Waals surface area contributed by atoms with Crippen LogP contribution in [0.25, 0.3) is 0 Å². The molecule has 0 radical (unpaired) electrons. The molecule has 0 rings (SSSR count). The molecule has 1 unspecified atom stereocenters. The van der Waals surface area contributed by atoms with Crippen molar-refractivity contribution >= 4 is 15.7 Å². The fourth-order valence-electron chi connectivity index (χ4n) is 1.11. The standard InChI is InChI=1S/C12H26O3Si/c1-6-7-8-9-14-11(13)10(2)16-15-12(3,4)5/h10H,6-9,16H2,1-5H3. The van der Waals surface area contributed by atoms with Crippen molar-refractivity contribution in [1.82, 2.24) is 0 Å². The summed E-state index contributed by atoms with van der Waals surface area (Å²) in [5.74, 6) is -0.0907. The summed E-state index contributed by atoms with van der Waals surface area (Å²) < 4.78 is 10.9. The minimum Gasteiger partial charge on any atom is -0.466 e. The Morgan fingerprint density at radius 3 is 2.44 bits per heavy atom. The van der Waals surface area contributed by atoms with Gasteiger partial charge in [-0.1, -0.05) is 26.7 Å². The number of unbranched alkanes of at least 4 members (excludes halogenated alkanes) is 2. The van der Waals surface area contributed by atoms with Crippen LogP contribution < -0.4 is 0 Å². The Hall–Kier alpha value is -0.353. The lowest BCUT2D eigenvalue weighted by Gasteiger charge is -2.22. The van der Waals surface area contributed by atoms with E-state index in [-0.39, 0.29) is 17.1 Å². The molecule has 0 aliphatic rings. The van der Waals surface area contributed by atoms with Gasteiger partial charge in [0.15, 0.2) is 9.76 Å². The summed E-state index contributed by atoms with van der Waals surface area (Å²) in [5, 5.41) is 0. The number of esters is 1. The second-order valence-corrected chi connectivity index (χ2v) is 7.05. The van der Waals surface area contributed by atoms with Crippen LogP contribution in [0, 0.1) is 0 Å². The highest BCUT2D eigenvalue weighted by atomic mass is 28.2. The monoisotopic (exact) mass is 246 g/mol. The molecule has 16 heavy (non-hydrogen) atoms. The summed E-state index contributed by atoms with van der Waals surface area (Å²) in [6.45, 7) is 10.6. The predicted octanol–water partition coefficient (Wildman–Crippen LogP) is 2.43. The van der Waals surface area contributed by atoms with E-state index in [4.69, 9.17) is 9.16 Å². The van der Waals surface area contributed by atoms with Crippen molar-refractivity contribution in [3.05, 3.63) is 0 Å². The minimum atomic E-state index is -0.830. The van der Waals surface area contributed by atoms with E-state index >= 15 is 0 Å². The summed E-state index contributed by atoms with van der Waals surface area (Å²) in [4.78, 5) is 11.6. The third-order valence-corrected chi connectivity index (χ3v) is 4.03. The van der Waals surface area contributed by atoms with Crippen LogP contribution in [-0.4, -0.2) is 27.9 Å². The van der Waals surface area contributed by atoms with Crippen molar-refractivity contribution in [2.24, 2.45) is 0 Å². The maximum Gasteiger partial charge on any atom is 0.307 e. The molecule has 0 saturated heterocycles. The molecule has 0 aromatic heterocycles.